The fraction of sp³-hybridized carbons (Fsp3) is 0.162. The van der Waals surface area contributed by atoms with Crippen LogP contribution in [0.1, 0.15) is 48.6 Å². The van der Waals surface area contributed by atoms with Gasteiger partial charge in [0, 0.05) is 29.0 Å². The molecule has 5 rings (SSSR count). The molecule has 0 aliphatic heterocycles. The molecule has 0 saturated carbocycles. The van der Waals surface area contributed by atoms with E-state index in [-0.39, 0.29) is 20.7 Å². The summed E-state index contributed by atoms with van der Waals surface area (Å²) < 4.78 is 103. The van der Waals surface area contributed by atoms with Crippen LogP contribution in [0.5, 0.6) is 0 Å². The van der Waals surface area contributed by atoms with E-state index in [4.69, 9.17) is 0 Å². The lowest BCUT2D eigenvalue weighted by Crippen LogP contribution is -2.19. The quantitative estimate of drug-likeness (QED) is 0.0912. The molecule has 0 radical (unpaired) electrons. The summed E-state index contributed by atoms with van der Waals surface area (Å²) in [5.41, 5.74) is 5.03. The Balaban J connectivity index is 1.54. The molecule has 4 N–H and O–H groups in total. The van der Waals surface area contributed by atoms with Gasteiger partial charge in [-0.15, -0.1) is 0 Å². The molecular weight excluding hydrogens is 713 g/mol. The van der Waals surface area contributed by atoms with Crippen molar-refractivity contribution in [1.29, 1.82) is 0 Å². The predicted octanol–water partition coefficient (Wildman–Crippen LogP) is 6.59. The number of nitrogens with zero attached hydrogens (tertiary/aromatic N) is 1. The summed E-state index contributed by atoms with van der Waals surface area (Å²) in [6.45, 7) is 4.84. The molecule has 1 aliphatic carbocycles. The number of benzene rings is 4. The molecule has 51 heavy (non-hydrogen) atoms. The van der Waals surface area contributed by atoms with E-state index in [1.165, 1.54) is 42.5 Å². The number of hydrogen-bond donors (Lipinski definition) is 4. The van der Waals surface area contributed by atoms with Crippen molar-refractivity contribution in [3.8, 4) is 0 Å². The van der Waals surface area contributed by atoms with Gasteiger partial charge in [0.1, 0.15) is 11.4 Å². The van der Waals surface area contributed by atoms with E-state index < -0.39 is 30.4 Å². The minimum absolute atomic E-state index is 0.193. The summed E-state index contributed by atoms with van der Waals surface area (Å²) >= 11 is 0. The van der Waals surface area contributed by atoms with Crippen LogP contribution in [-0.4, -0.2) is 55.7 Å². The van der Waals surface area contributed by atoms with Gasteiger partial charge in [-0.05, 0) is 84.2 Å². The fourth-order valence-electron chi connectivity index (χ4n) is 5.88. The van der Waals surface area contributed by atoms with Crippen molar-refractivity contribution in [3.05, 3.63) is 149 Å². The molecule has 1 aliphatic rings. The van der Waals surface area contributed by atoms with Gasteiger partial charge < -0.3 is 5.32 Å². The zero-order valence-electron chi connectivity index (χ0n) is 27.7. The van der Waals surface area contributed by atoms with Gasteiger partial charge in [-0.1, -0.05) is 67.6 Å². The molecule has 0 saturated heterocycles. The summed E-state index contributed by atoms with van der Waals surface area (Å²) in [7, 11) is -13.3. The minimum atomic E-state index is -4.60. The Morgan fingerprint density at radius 1 is 0.686 bits per heavy atom. The molecule has 0 fully saturated rings. The van der Waals surface area contributed by atoms with Crippen LogP contribution in [0.25, 0.3) is 5.57 Å². The Hall–Kier alpha value is -4.70. The van der Waals surface area contributed by atoms with Crippen molar-refractivity contribution in [2.45, 2.75) is 47.5 Å². The Bertz CT molecular complexity index is 2400. The molecular formula is C37H37N2O9S3+. The maximum Gasteiger partial charge on any atom is 0.295 e. The second-order valence-corrected chi connectivity index (χ2v) is 16.0. The third-order valence-corrected chi connectivity index (χ3v) is 11.0. The zero-order valence-corrected chi connectivity index (χ0v) is 30.2. The van der Waals surface area contributed by atoms with E-state index in [0.29, 0.717) is 53.0 Å². The van der Waals surface area contributed by atoms with Crippen LogP contribution in [-0.2, 0) is 36.9 Å². The van der Waals surface area contributed by atoms with Crippen molar-refractivity contribution < 1.29 is 43.5 Å². The van der Waals surface area contributed by atoms with Crippen LogP contribution in [0.15, 0.2) is 142 Å². The molecule has 14 heteroatoms. The zero-order chi connectivity index (χ0) is 37.0. The maximum atomic E-state index is 12.5. The predicted molar refractivity (Wildman–Crippen MR) is 196 cm³/mol. The van der Waals surface area contributed by atoms with Gasteiger partial charge in [-0.3, -0.25) is 13.7 Å². The van der Waals surface area contributed by atoms with Crippen molar-refractivity contribution in [3.63, 3.8) is 0 Å². The van der Waals surface area contributed by atoms with E-state index >= 15 is 0 Å². The van der Waals surface area contributed by atoms with Gasteiger partial charge in [0.15, 0.2) is 12.3 Å². The fourth-order valence-corrected chi connectivity index (χ4v) is 7.65. The van der Waals surface area contributed by atoms with E-state index in [0.717, 1.165) is 11.3 Å². The summed E-state index contributed by atoms with van der Waals surface area (Å²) in [5, 5.41) is 3.31. The average molecular weight is 750 g/mol. The summed E-state index contributed by atoms with van der Waals surface area (Å²) in [5.74, 6) is 0. The van der Waals surface area contributed by atoms with Crippen molar-refractivity contribution in [2.24, 2.45) is 0 Å². The normalized spacial score (nSPS) is 14.0. The second-order valence-electron chi connectivity index (χ2n) is 11.8. The first-order valence-electron chi connectivity index (χ1n) is 15.9. The van der Waals surface area contributed by atoms with Gasteiger partial charge in [0.25, 0.3) is 30.4 Å². The van der Waals surface area contributed by atoms with Gasteiger partial charge in [-0.2, -0.15) is 25.3 Å². The lowest BCUT2D eigenvalue weighted by atomic mass is 9.89. The highest BCUT2D eigenvalue weighted by Crippen LogP contribution is 2.35. The largest absolute Gasteiger partial charge is 0.378 e. The van der Waals surface area contributed by atoms with Crippen LogP contribution in [0.3, 0.4) is 0 Å². The van der Waals surface area contributed by atoms with Crippen LogP contribution in [0.2, 0.25) is 0 Å². The third kappa shape index (κ3) is 9.16. The molecule has 0 aromatic heterocycles. The Kier molecular flexibility index (Phi) is 11.2. The van der Waals surface area contributed by atoms with Crippen molar-refractivity contribution in [2.75, 3.05) is 11.9 Å². The van der Waals surface area contributed by atoms with Gasteiger partial charge in [-0.25, -0.2) is 4.58 Å². The Morgan fingerprint density at radius 3 is 1.88 bits per heavy atom. The van der Waals surface area contributed by atoms with E-state index in [2.05, 4.69) is 5.32 Å². The SMILES string of the molecule is CCC(Nc1cccc(S(=O)(=O)O)c1)c1ccc(C(=C2C=CC(=[N+](CC)Cc3cccc(S(=O)(=O)O)c3)C=C2)c2ccccc2S(=O)(=O)O)cc1. The molecule has 4 aromatic rings. The monoisotopic (exact) mass is 749 g/mol. The molecule has 1 atom stereocenters. The van der Waals surface area contributed by atoms with Crippen LogP contribution in [0.4, 0.5) is 5.69 Å². The number of allylic oxidation sites excluding steroid dienone is 5. The first-order chi connectivity index (χ1) is 24.1. The van der Waals surface area contributed by atoms with Crippen LogP contribution >= 0.6 is 0 Å². The maximum absolute atomic E-state index is 12.5. The standard InChI is InChI=1S/C37H36N2O9S3/c1-3-35(38-30-10-8-12-33(24-30)50(43,44)45)27-15-17-28(18-16-27)37(34-13-5-6-14-36(34)51(46,47)48)29-19-21-31(22-20-29)39(4-2)25-26-9-7-11-32(23-26)49(40,41)42/h5-24,35,38H,3-4,25H2,1-2H3,(H2-,40,41,42,43,44,45,46,47,48)/p+1. The molecule has 0 spiro atoms. The Morgan fingerprint density at radius 2 is 1.29 bits per heavy atom. The van der Waals surface area contributed by atoms with E-state index in [1.54, 1.807) is 30.3 Å². The van der Waals surface area contributed by atoms with Crippen molar-refractivity contribution in [1.82, 2.24) is 0 Å². The smallest absolute Gasteiger partial charge is 0.295 e. The molecule has 11 nitrogen and oxygen atoms in total. The van der Waals surface area contributed by atoms with Crippen molar-refractivity contribution >= 4 is 47.3 Å². The average Bonchev–Trinajstić information content (AvgIpc) is 3.10. The molecule has 266 valence electrons. The summed E-state index contributed by atoms with van der Waals surface area (Å²) in [6, 6.07) is 25.4. The number of rotatable bonds is 12. The number of anilines is 1. The highest BCUT2D eigenvalue weighted by atomic mass is 32.2. The molecule has 0 heterocycles. The summed E-state index contributed by atoms with van der Waals surface area (Å²) in [6.07, 6.45) is 8.05. The first-order valence-corrected chi connectivity index (χ1v) is 20.2. The molecule has 0 amide bonds. The lowest BCUT2D eigenvalue weighted by molar-refractivity contribution is -0.539. The lowest BCUT2D eigenvalue weighted by Gasteiger charge is -2.21. The first kappa shape index (κ1) is 37.6. The third-order valence-electron chi connectivity index (χ3n) is 8.39. The van der Waals surface area contributed by atoms with Crippen LogP contribution < -0.4 is 5.32 Å². The molecule has 0 bridgehead atoms. The van der Waals surface area contributed by atoms with Gasteiger partial charge >= 0.3 is 0 Å². The number of nitrogens with one attached hydrogen (secondary N) is 1. The summed E-state index contributed by atoms with van der Waals surface area (Å²) in [4.78, 5) is -0.677. The number of hydrogen-bond acceptors (Lipinski definition) is 7. The minimum Gasteiger partial charge on any atom is -0.378 e. The van der Waals surface area contributed by atoms with E-state index in [1.807, 2.05) is 67.0 Å². The molecule has 1 unspecified atom stereocenters. The van der Waals surface area contributed by atoms with E-state index in [9.17, 15) is 38.9 Å². The topological polar surface area (TPSA) is 178 Å². The highest BCUT2D eigenvalue weighted by Gasteiger charge is 2.23. The van der Waals surface area contributed by atoms with Gasteiger partial charge in [0.05, 0.1) is 15.8 Å². The second kappa shape index (κ2) is 15.3. The van der Waals surface area contributed by atoms with Gasteiger partial charge in [0.2, 0.25) is 0 Å². The van der Waals surface area contributed by atoms with Crippen LogP contribution in [0, 0.1) is 0 Å². The highest BCUT2D eigenvalue weighted by molar-refractivity contribution is 7.86. The molecule has 4 aromatic carbocycles. The Labute approximate surface area is 298 Å².